The van der Waals surface area contributed by atoms with Gasteiger partial charge in [0.1, 0.15) is 66.5 Å². The van der Waals surface area contributed by atoms with Crippen molar-refractivity contribution in [2.75, 3.05) is 88.8 Å². The van der Waals surface area contributed by atoms with Crippen LogP contribution in [0.3, 0.4) is 0 Å². The molecule has 2 aliphatic rings. The van der Waals surface area contributed by atoms with Crippen molar-refractivity contribution in [3.05, 3.63) is 0 Å². The van der Waals surface area contributed by atoms with E-state index in [0.29, 0.717) is 51.7 Å². The number of morpholine rings is 1. The molecule has 0 aliphatic carbocycles. The highest BCUT2D eigenvalue weighted by atomic mass is 16.5. The Hall–Kier alpha value is -6.50. The first-order chi connectivity index (χ1) is 45.7. The molecule has 2 heterocycles. The molecule has 0 aromatic carbocycles. The summed E-state index contributed by atoms with van der Waals surface area (Å²) in [6, 6.07) is -12.2. The lowest BCUT2D eigenvalue weighted by molar-refractivity contribution is -0.157. The van der Waals surface area contributed by atoms with Crippen LogP contribution in [0.4, 0.5) is 0 Å². The summed E-state index contributed by atoms with van der Waals surface area (Å²) in [5.41, 5.74) is 0. The van der Waals surface area contributed by atoms with Gasteiger partial charge in [-0.15, -0.1) is 0 Å². The van der Waals surface area contributed by atoms with Crippen LogP contribution < -0.4 is 21.3 Å². The minimum atomic E-state index is -1.66. The number of carbonyl (C=O) groups excluding carboxylic acids is 11. The summed E-state index contributed by atoms with van der Waals surface area (Å²) in [5.74, 6) is -10.2. The number of nitriles is 1. The third-order valence-electron chi connectivity index (χ3n) is 19.3. The molecule has 0 radical (unpaired) electrons. The van der Waals surface area contributed by atoms with E-state index in [1.54, 1.807) is 48.5 Å². The minimum Gasteiger partial charge on any atom is -0.390 e. The van der Waals surface area contributed by atoms with Crippen molar-refractivity contribution in [2.24, 2.45) is 35.5 Å². The largest absolute Gasteiger partial charge is 0.390 e. The summed E-state index contributed by atoms with van der Waals surface area (Å²) in [6.45, 7) is 31.3. The van der Waals surface area contributed by atoms with Crippen LogP contribution in [0.5, 0.6) is 0 Å². The molecule has 2 rings (SSSR count). The Labute approximate surface area is 586 Å². The highest BCUT2D eigenvalue weighted by Gasteiger charge is 2.47. The van der Waals surface area contributed by atoms with E-state index in [1.807, 2.05) is 41.5 Å². The first-order valence-corrected chi connectivity index (χ1v) is 35.8. The number of aliphatic hydroxyl groups excluding tert-OH is 1. The van der Waals surface area contributed by atoms with Crippen molar-refractivity contribution >= 4 is 65.0 Å². The Morgan fingerprint density at radius 1 is 0.500 bits per heavy atom. The van der Waals surface area contributed by atoms with Crippen molar-refractivity contribution in [3.63, 3.8) is 0 Å². The average molecular weight is 1390 g/mol. The van der Waals surface area contributed by atoms with E-state index in [-0.39, 0.29) is 50.0 Å². The molecule has 0 bridgehead atoms. The summed E-state index contributed by atoms with van der Waals surface area (Å²) in [6.07, 6.45) is 1.78. The van der Waals surface area contributed by atoms with Crippen molar-refractivity contribution in [3.8, 4) is 6.07 Å². The zero-order chi connectivity index (χ0) is 74.9. The summed E-state index contributed by atoms with van der Waals surface area (Å²) in [5, 5.41) is 32.7. The lowest BCUT2D eigenvalue weighted by Gasteiger charge is -2.41. The fraction of sp³-hybridized carbons (Fsp3) is 0.831. The molecule has 0 aromatic rings. The topological polar surface area (TPSA) is 324 Å². The zero-order valence-electron chi connectivity index (χ0n) is 63.8. The number of amides is 11. The normalized spacial score (nSPS) is 26.9. The molecular formula is C71H127N13O14. The standard InChI is InChI=1S/C71H127N13O14/c1-24-52-67(92)77(17)50(15)66(91)82(22)58(51(16)98-36-30-29-33-84-34-37-97-38-35-84)63(88)76-56(45(8)9)70(95)78(18)53(39-42(2)3)62(87)73-48(13)61(86)74-49(14)65(90)79(19)54(40-43(4)5)68(93)80(20)55(41-44(6)7)69(94)81(21)57(46(10)11)71(96)83(23)59(64(89)75-52)60(85)47(12)31-27-25-26-28-32-72/h42-60,85H,24-31,33-41H2,1-23H3,(H,73,87)(H,74,86)(H,75,89)(H,76,88)/t47-,48+,49-,50-,51-,52+,53+,54+,55+,56+,57+,58+,59+,60-/m1/s1. The number of hydrogen-bond donors (Lipinski definition) is 5. The van der Waals surface area contributed by atoms with Gasteiger partial charge in [0, 0.05) is 75.5 Å². The smallest absolute Gasteiger partial charge is 0.246 e. The first-order valence-electron chi connectivity index (χ1n) is 35.8. The van der Waals surface area contributed by atoms with Gasteiger partial charge in [-0.2, -0.15) is 5.26 Å². The van der Waals surface area contributed by atoms with Gasteiger partial charge in [0.05, 0.1) is 31.5 Å². The van der Waals surface area contributed by atoms with Gasteiger partial charge in [0.2, 0.25) is 65.0 Å². The van der Waals surface area contributed by atoms with Crippen molar-refractivity contribution in [2.45, 2.75) is 260 Å². The Balaban J connectivity index is 3.02. The fourth-order valence-electron chi connectivity index (χ4n) is 12.8. The summed E-state index contributed by atoms with van der Waals surface area (Å²) in [7, 11) is 9.88. The van der Waals surface area contributed by atoms with Gasteiger partial charge < -0.3 is 70.1 Å². The third-order valence-corrected chi connectivity index (χ3v) is 19.3. The number of hydrogen-bond acceptors (Lipinski definition) is 16. The number of rotatable bonds is 23. The molecule has 5 N–H and O–H groups in total. The number of nitrogens with one attached hydrogen (secondary N) is 4. The molecule has 560 valence electrons. The van der Waals surface area contributed by atoms with Gasteiger partial charge in [-0.25, -0.2) is 0 Å². The van der Waals surface area contributed by atoms with E-state index < -0.39 is 161 Å². The Kier molecular flexibility index (Phi) is 37.5. The SMILES string of the molecule is CC[C@@H]1NC(=O)[C@H]([C@H](O)[C@H](C)CCCCCC#N)N(C)C(=O)[C@H](C(C)C)N(C)C(=O)[C@H](CC(C)C)N(C)C(=O)[C@H](CC(C)C)N(C)C(=O)[C@@H](C)NC(=O)[C@H](C)NC(=O)[C@H](CC(C)C)N(C)C(=O)[C@H](C(C)C)NC(=O)[C@H]([C@@H](C)OCCCCN2CCOCC2)N(C)C(=O)[C@@H](C)N(C)C1=O. The Bertz CT molecular complexity index is 2670. The van der Waals surface area contributed by atoms with E-state index in [4.69, 9.17) is 9.47 Å². The molecule has 0 saturated carbocycles. The maximum absolute atomic E-state index is 15.4. The monoisotopic (exact) mass is 1390 g/mol. The maximum Gasteiger partial charge on any atom is 0.246 e. The zero-order valence-corrected chi connectivity index (χ0v) is 63.8. The van der Waals surface area contributed by atoms with Gasteiger partial charge in [0.25, 0.3) is 0 Å². The van der Waals surface area contributed by atoms with Crippen LogP contribution >= 0.6 is 0 Å². The molecule has 0 unspecified atom stereocenters. The molecule has 27 nitrogen and oxygen atoms in total. The predicted octanol–water partition coefficient (Wildman–Crippen LogP) is 3.64. The summed E-state index contributed by atoms with van der Waals surface area (Å²) >= 11 is 0. The maximum atomic E-state index is 15.4. The number of aliphatic hydroxyl groups is 1. The second-order valence-electron chi connectivity index (χ2n) is 29.5. The Morgan fingerprint density at radius 3 is 1.51 bits per heavy atom. The van der Waals surface area contributed by atoms with Crippen LogP contribution in [0.2, 0.25) is 0 Å². The molecule has 14 atom stereocenters. The van der Waals surface area contributed by atoms with E-state index >= 15 is 28.8 Å². The quantitative estimate of drug-likeness (QED) is 0.0912. The molecule has 0 aromatic heterocycles. The highest BCUT2D eigenvalue weighted by molar-refractivity contribution is 6.00. The number of likely N-dealkylation sites (N-methyl/N-ethyl adjacent to an activating group) is 7. The van der Waals surface area contributed by atoms with Crippen LogP contribution in [0.1, 0.15) is 181 Å². The highest BCUT2D eigenvalue weighted by Crippen LogP contribution is 2.27. The molecule has 2 saturated heterocycles. The van der Waals surface area contributed by atoms with Crippen LogP contribution in [0.25, 0.3) is 0 Å². The van der Waals surface area contributed by atoms with Gasteiger partial charge in [-0.1, -0.05) is 95.9 Å². The molecular weight excluding hydrogens is 1260 g/mol. The molecule has 27 heteroatoms. The van der Waals surface area contributed by atoms with Crippen LogP contribution in [0.15, 0.2) is 0 Å². The number of nitrogens with zero attached hydrogens (tertiary/aromatic N) is 9. The van der Waals surface area contributed by atoms with E-state index in [2.05, 4.69) is 32.2 Å². The van der Waals surface area contributed by atoms with Crippen molar-refractivity contribution < 1.29 is 67.3 Å². The minimum absolute atomic E-state index is 0.0227. The van der Waals surface area contributed by atoms with Crippen LogP contribution in [-0.4, -0.2) is 277 Å². The van der Waals surface area contributed by atoms with Crippen LogP contribution in [0, 0.1) is 46.8 Å². The second-order valence-corrected chi connectivity index (χ2v) is 29.5. The predicted molar refractivity (Wildman–Crippen MR) is 375 cm³/mol. The summed E-state index contributed by atoms with van der Waals surface area (Å²) in [4.78, 5) is 175. The Morgan fingerprint density at radius 2 is 0.990 bits per heavy atom. The van der Waals surface area contributed by atoms with E-state index in [0.717, 1.165) is 40.8 Å². The van der Waals surface area contributed by atoms with Crippen LogP contribution in [-0.2, 0) is 62.2 Å². The average Bonchev–Trinajstić information content (AvgIpc) is 0.803. The van der Waals surface area contributed by atoms with Gasteiger partial charge >= 0.3 is 0 Å². The van der Waals surface area contributed by atoms with E-state index in [1.165, 1.54) is 89.7 Å². The lowest BCUT2D eigenvalue weighted by Crippen LogP contribution is -2.64. The number of ether oxygens (including phenoxy) is 2. The van der Waals surface area contributed by atoms with Crippen molar-refractivity contribution in [1.82, 2.24) is 60.5 Å². The van der Waals surface area contributed by atoms with Crippen molar-refractivity contribution in [1.29, 1.82) is 5.26 Å². The number of unbranched alkanes of at least 4 members (excludes halogenated alkanes) is 4. The molecule has 98 heavy (non-hydrogen) atoms. The lowest BCUT2D eigenvalue weighted by atomic mass is 9.90. The fourth-order valence-corrected chi connectivity index (χ4v) is 12.8. The molecule has 2 aliphatic heterocycles. The molecule has 11 amide bonds. The third kappa shape index (κ3) is 25.3. The molecule has 0 spiro atoms. The molecule has 2 fully saturated rings. The number of carbonyl (C=O) groups is 11. The summed E-state index contributed by atoms with van der Waals surface area (Å²) < 4.78 is 11.9. The van der Waals surface area contributed by atoms with Gasteiger partial charge in [-0.05, 0) is 121 Å². The van der Waals surface area contributed by atoms with Gasteiger partial charge in [0.15, 0.2) is 0 Å². The second kappa shape index (κ2) is 41.9. The van der Waals surface area contributed by atoms with E-state index in [9.17, 15) is 34.3 Å². The van der Waals surface area contributed by atoms with Gasteiger partial charge in [-0.3, -0.25) is 57.6 Å². The first kappa shape index (κ1) is 87.6.